The van der Waals surface area contributed by atoms with Gasteiger partial charge in [0.15, 0.2) is 12.2 Å². The van der Waals surface area contributed by atoms with Gasteiger partial charge in [-0.05, 0) is 43.4 Å². The molecular weight excluding hydrogens is 1380 g/mol. The molecule has 0 aromatic heterocycles. The molecule has 4 unspecified atom stereocenters. The average Bonchev–Trinajstić information content (AvgIpc) is 0.899. The van der Waals surface area contributed by atoms with E-state index in [0.717, 1.165) is 108 Å². The molecule has 0 saturated heterocycles. The van der Waals surface area contributed by atoms with E-state index in [1.165, 1.54) is 270 Å². The monoisotopic (exact) mass is 1550 g/mol. The minimum atomic E-state index is -4.97. The number of hydrogen-bond donors (Lipinski definition) is 3. The Kier molecular flexibility index (Phi) is 75.6. The van der Waals surface area contributed by atoms with Crippen LogP contribution in [0.2, 0.25) is 0 Å². The van der Waals surface area contributed by atoms with Gasteiger partial charge < -0.3 is 33.8 Å². The van der Waals surface area contributed by atoms with Crippen LogP contribution in [-0.4, -0.2) is 96.7 Å². The second-order valence-electron chi connectivity index (χ2n) is 32.2. The lowest BCUT2D eigenvalue weighted by molar-refractivity contribution is -0.161. The summed E-state index contributed by atoms with van der Waals surface area (Å²) in [7, 11) is -9.93. The third-order valence-electron chi connectivity index (χ3n) is 21.1. The summed E-state index contributed by atoms with van der Waals surface area (Å²) in [6, 6.07) is 0. The molecule has 0 aliphatic heterocycles. The van der Waals surface area contributed by atoms with Crippen LogP contribution in [0, 0.1) is 17.8 Å². The Balaban J connectivity index is 5.27. The molecule has 0 aromatic rings. The van der Waals surface area contributed by atoms with E-state index < -0.39 is 97.5 Å². The first kappa shape index (κ1) is 104. The molecule has 0 amide bonds. The summed E-state index contributed by atoms with van der Waals surface area (Å²) in [5.74, 6) is 0.311. The van der Waals surface area contributed by atoms with E-state index in [0.29, 0.717) is 25.7 Å². The Morgan fingerprint density at radius 2 is 0.481 bits per heavy atom. The highest BCUT2D eigenvalue weighted by Gasteiger charge is 2.31. The van der Waals surface area contributed by atoms with Crippen LogP contribution in [-0.2, 0) is 65.4 Å². The summed E-state index contributed by atoms with van der Waals surface area (Å²) in [5.41, 5.74) is 0. The molecule has 3 N–H and O–H groups in total. The predicted octanol–water partition coefficient (Wildman–Crippen LogP) is 26.5. The highest BCUT2D eigenvalue weighted by Crippen LogP contribution is 2.45. The molecule has 0 radical (unpaired) electrons. The SMILES string of the molecule is CCCCCCCCCCCCCCCCCCCCCCC(=O)O[C@H](COC(=O)CCCCCCCCCCCCCCCCC(C)CC)COP(=O)(O)OC[C@@H](O)COP(=O)(O)OC[C@@H](COC(=O)CCCCCCCCCCC(C)CC)OC(=O)CCCCCCCCCCCCCCCC(C)C. The molecule has 17 nitrogen and oxygen atoms in total. The standard InChI is InChI=1S/C87H170O17P2/c1-8-11-12-13-14-15-16-17-18-19-20-21-22-23-30-35-40-49-56-63-70-86(91)103-82(74-97-84(89)68-61-54-47-39-34-29-25-24-28-33-38-45-52-59-66-79(6)9-2)76-101-105(93,94)99-72-81(88)73-100-106(95,96)102-77-83(75-98-85(90)69-62-55-48-43-42-46-53-60-67-80(7)10-3)104-87(92)71-64-57-50-41-36-31-26-27-32-37-44-51-58-65-78(4)5/h78-83,88H,8-77H2,1-7H3,(H,93,94)(H,95,96)/t79?,80?,81-,82-,83-/m1/s1. The molecule has 0 aliphatic carbocycles. The first-order valence-electron chi connectivity index (χ1n) is 44.9. The Morgan fingerprint density at radius 3 is 0.717 bits per heavy atom. The number of ether oxygens (including phenoxy) is 4. The number of hydrogen-bond acceptors (Lipinski definition) is 15. The van der Waals surface area contributed by atoms with E-state index in [2.05, 4.69) is 48.5 Å². The number of esters is 4. The van der Waals surface area contributed by atoms with Gasteiger partial charge in [-0.2, -0.15) is 0 Å². The van der Waals surface area contributed by atoms with Crippen LogP contribution in [0.25, 0.3) is 0 Å². The van der Waals surface area contributed by atoms with Crippen LogP contribution >= 0.6 is 15.6 Å². The van der Waals surface area contributed by atoms with Gasteiger partial charge in [0.05, 0.1) is 26.4 Å². The molecule has 7 atom stereocenters. The second kappa shape index (κ2) is 77.0. The summed E-state index contributed by atoms with van der Waals surface area (Å²) in [6.07, 6.45) is 67.9. The van der Waals surface area contributed by atoms with Crippen molar-refractivity contribution in [1.82, 2.24) is 0 Å². The zero-order chi connectivity index (χ0) is 77.9. The maximum absolute atomic E-state index is 13.2. The number of carbonyl (C=O) groups is 4. The number of unbranched alkanes of at least 4 members (excludes halogenated alkanes) is 51. The minimum Gasteiger partial charge on any atom is -0.462 e. The van der Waals surface area contributed by atoms with Crippen molar-refractivity contribution in [2.45, 2.75) is 478 Å². The topological polar surface area (TPSA) is 237 Å². The molecular formula is C87H170O17P2. The van der Waals surface area contributed by atoms with Gasteiger partial charge in [-0.15, -0.1) is 0 Å². The van der Waals surface area contributed by atoms with E-state index in [4.69, 9.17) is 37.0 Å². The molecule has 0 rings (SSSR count). The highest BCUT2D eigenvalue weighted by molar-refractivity contribution is 7.47. The lowest BCUT2D eigenvalue weighted by Gasteiger charge is -2.21. The minimum absolute atomic E-state index is 0.107. The summed E-state index contributed by atoms with van der Waals surface area (Å²) in [6.45, 7) is 12.1. The van der Waals surface area contributed by atoms with Crippen LogP contribution in [0.15, 0.2) is 0 Å². The van der Waals surface area contributed by atoms with Gasteiger partial charge in [0.2, 0.25) is 0 Å². The summed E-state index contributed by atoms with van der Waals surface area (Å²) >= 11 is 0. The Morgan fingerprint density at radius 1 is 0.274 bits per heavy atom. The maximum Gasteiger partial charge on any atom is 0.472 e. The molecule has 630 valence electrons. The van der Waals surface area contributed by atoms with Gasteiger partial charge in [0, 0.05) is 25.7 Å². The summed E-state index contributed by atoms with van der Waals surface area (Å²) in [5, 5.41) is 10.7. The lowest BCUT2D eigenvalue weighted by atomic mass is 9.99. The van der Waals surface area contributed by atoms with Crippen molar-refractivity contribution in [3.63, 3.8) is 0 Å². The molecule has 19 heteroatoms. The second-order valence-corrected chi connectivity index (χ2v) is 35.1. The molecule has 0 bridgehead atoms. The van der Waals surface area contributed by atoms with Gasteiger partial charge in [-0.3, -0.25) is 37.3 Å². The fourth-order valence-electron chi connectivity index (χ4n) is 13.5. The molecule has 0 spiro atoms. The molecule has 0 heterocycles. The van der Waals surface area contributed by atoms with Gasteiger partial charge >= 0.3 is 39.5 Å². The van der Waals surface area contributed by atoms with Crippen molar-refractivity contribution in [3.8, 4) is 0 Å². The third-order valence-corrected chi connectivity index (χ3v) is 23.0. The first-order valence-corrected chi connectivity index (χ1v) is 47.9. The van der Waals surface area contributed by atoms with Gasteiger partial charge in [-0.25, -0.2) is 9.13 Å². The van der Waals surface area contributed by atoms with Crippen molar-refractivity contribution in [1.29, 1.82) is 0 Å². The van der Waals surface area contributed by atoms with E-state index >= 15 is 0 Å². The van der Waals surface area contributed by atoms with Crippen molar-refractivity contribution in [2.75, 3.05) is 39.6 Å². The van der Waals surface area contributed by atoms with Crippen LogP contribution in [0.5, 0.6) is 0 Å². The fourth-order valence-corrected chi connectivity index (χ4v) is 15.1. The van der Waals surface area contributed by atoms with Crippen molar-refractivity contribution < 1.29 is 80.2 Å². The Labute approximate surface area is 651 Å². The number of rotatable bonds is 85. The molecule has 0 aromatic carbocycles. The summed E-state index contributed by atoms with van der Waals surface area (Å²) in [4.78, 5) is 73.3. The van der Waals surface area contributed by atoms with Crippen LogP contribution < -0.4 is 0 Å². The van der Waals surface area contributed by atoms with Gasteiger partial charge in [0.1, 0.15) is 19.3 Å². The highest BCUT2D eigenvalue weighted by atomic mass is 31.2. The van der Waals surface area contributed by atoms with E-state index in [1.54, 1.807) is 0 Å². The van der Waals surface area contributed by atoms with E-state index in [1.807, 2.05) is 0 Å². The zero-order valence-electron chi connectivity index (χ0n) is 69.9. The first-order chi connectivity index (χ1) is 51.3. The maximum atomic E-state index is 13.2. The van der Waals surface area contributed by atoms with E-state index in [9.17, 15) is 43.2 Å². The molecule has 0 aliphatic rings. The average molecular weight is 1550 g/mol. The Hall–Kier alpha value is -1.94. The number of aliphatic hydroxyl groups is 1. The van der Waals surface area contributed by atoms with Gasteiger partial charge in [-0.1, -0.05) is 408 Å². The molecule has 0 saturated carbocycles. The number of phosphoric acid groups is 2. The zero-order valence-corrected chi connectivity index (χ0v) is 71.7. The summed E-state index contributed by atoms with van der Waals surface area (Å²) < 4.78 is 69.0. The van der Waals surface area contributed by atoms with Crippen molar-refractivity contribution >= 4 is 39.5 Å². The lowest BCUT2D eigenvalue weighted by Crippen LogP contribution is -2.30. The molecule has 0 fully saturated rings. The third kappa shape index (κ3) is 77.4. The smallest absolute Gasteiger partial charge is 0.462 e. The van der Waals surface area contributed by atoms with Crippen molar-refractivity contribution in [3.05, 3.63) is 0 Å². The van der Waals surface area contributed by atoms with Crippen molar-refractivity contribution in [2.24, 2.45) is 17.8 Å². The number of phosphoric ester groups is 2. The van der Waals surface area contributed by atoms with Crippen LogP contribution in [0.1, 0.15) is 459 Å². The largest absolute Gasteiger partial charge is 0.472 e. The normalized spacial score (nSPS) is 14.4. The number of aliphatic hydroxyl groups excluding tert-OH is 1. The quantitative estimate of drug-likeness (QED) is 0.0222. The van der Waals surface area contributed by atoms with Gasteiger partial charge in [0.25, 0.3) is 0 Å². The molecule has 106 heavy (non-hydrogen) atoms. The Bertz CT molecular complexity index is 2050. The predicted molar refractivity (Wildman–Crippen MR) is 437 cm³/mol. The van der Waals surface area contributed by atoms with E-state index in [-0.39, 0.29) is 25.7 Å². The van der Waals surface area contributed by atoms with Crippen LogP contribution in [0.3, 0.4) is 0 Å². The number of carbonyl (C=O) groups excluding carboxylic acids is 4. The van der Waals surface area contributed by atoms with Crippen LogP contribution in [0.4, 0.5) is 0 Å². The fraction of sp³-hybridized carbons (Fsp3) is 0.954.